The van der Waals surface area contributed by atoms with Gasteiger partial charge < -0.3 is 4.74 Å². The first kappa shape index (κ1) is 23.2. The number of hydrogen-bond donors (Lipinski definition) is 0. The normalized spacial score (nSPS) is 23.6. The molecular weight excluding hydrogens is 500 g/mol. The Bertz CT molecular complexity index is 1530. The van der Waals surface area contributed by atoms with Gasteiger partial charge in [0.05, 0.1) is 28.6 Å². The maximum atomic E-state index is 14.0. The maximum absolute atomic E-state index is 14.0. The molecule has 0 N–H and O–H groups in total. The number of nitrogens with zero attached hydrogens (tertiary/aromatic N) is 2. The number of fused-ring (bicyclic) bond motifs is 3. The van der Waals surface area contributed by atoms with E-state index in [0.29, 0.717) is 16.1 Å². The van der Waals surface area contributed by atoms with Crippen molar-refractivity contribution >= 4 is 46.4 Å². The van der Waals surface area contributed by atoms with Crippen LogP contribution in [0, 0.1) is 28.9 Å². The van der Waals surface area contributed by atoms with Crippen molar-refractivity contribution in [3.8, 4) is 0 Å². The number of ether oxygens (including phenoxy) is 1. The van der Waals surface area contributed by atoms with E-state index in [-0.39, 0.29) is 22.5 Å². The Balaban J connectivity index is 1.53. The fraction of sp³-hybridized carbons (Fsp3) is 0.185. The summed E-state index contributed by atoms with van der Waals surface area (Å²) in [6, 6.07) is 16.4. The number of carbonyl (C=O) groups is 4. The topological polar surface area (TPSA) is 124 Å². The van der Waals surface area contributed by atoms with E-state index in [1.165, 1.54) is 30.3 Å². The van der Waals surface area contributed by atoms with Gasteiger partial charge in [-0.3, -0.25) is 29.3 Å². The number of hydrogen-bond acceptors (Lipinski definition) is 7. The highest BCUT2D eigenvalue weighted by Gasteiger charge is 2.74. The zero-order chi connectivity index (χ0) is 26.2. The van der Waals surface area contributed by atoms with Crippen LogP contribution in [0.3, 0.4) is 0 Å². The summed E-state index contributed by atoms with van der Waals surface area (Å²) < 4.78 is 6.22. The number of non-ortho nitro benzene ring substituents is 1. The second-order valence-corrected chi connectivity index (χ2v) is 9.71. The zero-order valence-corrected chi connectivity index (χ0v) is 20.0. The summed E-state index contributed by atoms with van der Waals surface area (Å²) >= 11 is 6.04. The molecule has 2 saturated heterocycles. The van der Waals surface area contributed by atoms with Crippen molar-refractivity contribution in [1.29, 1.82) is 0 Å². The Kier molecular flexibility index (Phi) is 4.95. The third-order valence-electron chi connectivity index (χ3n) is 7.35. The number of nitro groups is 1. The van der Waals surface area contributed by atoms with Crippen LogP contribution in [0.4, 0.5) is 11.4 Å². The zero-order valence-electron chi connectivity index (χ0n) is 19.2. The number of benzene rings is 3. The average Bonchev–Trinajstić information content (AvgIpc) is 3.45. The molecule has 6 rings (SSSR count). The van der Waals surface area contributed by atoms with Crippen LogP contribution in [0.25, 0.3) is 0 Å². The van der Waals surface area contributed by atoms with Crippen molar-refractivity contribution in [2.24, 2.45) is 11.8 Å². The molecule has 3 aromatic carbocycles. The number of ketones is 2. The van der Waals surface area contributed by atoms with E-state index in [2.05, 4.69) is 0 Å². The van der Waals surface area contributed by atoms with Gasteiger partial charge in [-0.25, -0.2) is 4.90 Å². The first-order valence-electron chi connectivity index (χ1n) is 11.4. The molecule has 10 heteroatoms. The van der Waals surface area contributed by atoms with E-state index in [0.717, 1.165) is 4.90 Å². The van der Waals surface area contributed by atoms with Crippen molar-refractivity contribution < 1.29 is 28.8 Å². The molecule has 3 aliphatic rings. The third kappa shape index (κ3) is 3.01. The van der Waals surface area contributed by atoms with Gasteiger partial charge in [-0.1, -0.05) is 48.0 Å². The largest absolute Gasteiger partial charge is 0.349 e. The molecule has 0 aromatic heterocycles. The maximum Gasteiger partial charge on any atom is 0.269 e. The Hall–Kier alpha value is -4.21. The third-order valence-corrected chi connectivity index (χ3v) is 7.60. The lowest BCUT2D eigenvalue weighted by atomic mass is 9.77. The van der Waals surface area contributed by atoms with Gasteiger partial charge in [-0.15, -0.1) is 0 Å². The number of anilines is 1. The number of amides is 2. The molecule has 0 radical (unpaired) electrons. The molecule has 1 aliphatic carbocycles. The van der Waals surface area contributed by atoms with Gasteiger partial charge in [0.25, 0.3) is 5.69 Å². The first-order chi connectivity index (χ1) is 17.7. The molecule has 184 valence electrons. The lowest BCUT2D eigenvalue weighted by molar-refractivity contribution is -0.384. The fourth-order valence-corrected chi connectivity index (χ4v) is 5.84. The fourth-order valence-electron chi connectivity index (χ4n) is 5.71. The van der Waals surface area contributed by atoms with Crippen molar-refractivity contribution in [2.75, 3.05) is 4.90 Å². The summed E-state index contributed by atoms with van der Waals surface area (Å²) in [5.41, 5.74) is -1.18. The van der Waals surface area contributed by atoms with Crippen molar-refractivity contribution in [1.82, 2.24) is 0 Å². The predicted octanol–water partition coefficient (Wildman–Crippen LogP) is 4.25. The number of aryl methyl sites for hydroxylation is 1. The first-order valence-corrected chi connectivity index (χ1v) is 11.8. The second-order valence-electron chi connectivity index (χ2n) is 9.27. The molecule has 0 bridgehead atoms. The number of imide groups is 1. The van der Waals surface area contributed by atoms with Crippen LogP contribution in [0.2, 0.25) is 5.02 Å². The molecule has 2 heterocycles. The van der Waals surface area contributed by atoms with Gasteiger partial charge in [0.15, 0.2) is 0 Å². The van der Waals surface area contributed by atoms with Crippen molar-refractivity contribution in [3.63, 3.8) is 0 Å². The number of nitro benzene ring substituents is 1. The molecule has 0 saturated carbocycles. The number of Topliss-reactive ketones (excluding diaryl/α,β-unsaturated/α-hetero) is 2. The summed E-state index contributed by atoms with van der Waals surface area (Å²) in [6.45, 7) is 1.54. The molecule has 3 aromatic rings. The summed E-state index contributed by atoms with van der Waals surface area (Å²) in [5.74, 6) is -5.34. The van der Waals surface area contributed by atoms with Gasteiger partial charge in [-0.05, 0) is 36.2 Å². The predicted molar refractivity (Wildman–Crippen MR) is 130 cm³/mol. The van der Waals surface area contributed by atoms with Gasteiger partial charge in [0, 0.05) is 28.3 Å². The minimum atomic E-state index is -2.20. The molecular formula is C27H17ClN2O7. The molecule has 1 spiro atoms. The van der Waals surface area contributed by atoms with Gasteiger partial charge in [0.2, 0.25) is 29.0 Å². The highest BCUT2D eigenvalue weighted by molar-refractivity contribution is 6.37. The van der Waals surface area contributed by atoms with Crippen LogP contribution in [-0.2, 0) is 14.3 Å². The Morgan fingerprint density at radius 3 is 2.11 bits per heavy atom. The molecule has 2 fully saturated rings. The summed E-state index contributed by atoms with van der Waals surface area (Å²) in [7, 11) is 0. The molecule has 2 aliphatic heterocycles. The summed E-state index contributed by atoms with van der Waals surface area (Å²) in [4.78, 5) is 66.9. The smallest absolute Gasteiger partial charge is 0.269 e. The minimum Gasteiger partial charge on any atom is -0.349 e. The van der Waals surface area contributed by atoms with E-state index in [9.17, 15) is 29.3 Å². The van der Waals surface area contributed by atoms with Crippen molar-refractivity contribution in [3.05, 3.63) is 104 Å². The van der Waals surface area contributed by atoms with E-state index in [1.807, 2.05) is 0 Å². The summed E-state index contributed by atoms with van der Waals surface area (Å²) in [6.07, 6.45) is -1.08. The molecule has 2 amide bonds. The Morgan fingerprint density at radius 2 is 1.54 bits per heavy atom. The standard InChI is InChI=1S/C27H17ClN2O7/c1-13-12-16(30(35)36)10-11-19(13)29-25(33)20-21(26(29)34)27(37-22(20)14-6-8-15(28)9-7-14)23(31)17-4-2-3-5-18(17)24(27)32/h2-12,20-22H,1H3/t20-,21-,22+/m0/s1. The van der Waals surface area contributed by atoms with Crippen LogP contribution < -0.4 is 4.90 Å². The Labute approximate surface area is 214 Å². The molecule has 0 unspecified atom stereocenters. The van der Waals surface area contributed by atoms with Gasteiger partial charge in [0.1, 0.15) is 0 Å². The monoisotopic (exact) mass is 516 g/mol. The summed E-state index contributed by atoms with van der Waals surface area (Å²) in [5, 5.41) is 11.6. The van der Waals surface area contributed by atoms with Crippen molar-refractivity contribution in [2.45, 2.75) is 18.6 Å². The van der Waals surface area contributed by atoms with E-state index in [4.69, 9.17) is 16.3 Å². The number of halogens is 1. The van der Waals surface area contributed by atoms with Gasteiger partial charge >= 0.3 is 0 Å². The average molecular weight is 517 g/mol. The number of carbonyl (C=O) groups excluding carboxylic acids is 4. The van der Waals surface area contributed by atoms with Gasteiger partial charge in [-0.2, -0.15) is 0 Å². The SMILES string of the molecule is Cc1cc([N+](=O)[O-])ccc1N1C(=O)[C@@H]2[C@@H](c3ccc(Cl)cc3)OC3(C(=O)c4ccccc4C3=O)[C@@H]2C1=O. The minimum absolute atomic E-state index is 0.133. The van der Waals surface area contributed by atoms with Crippen LogP contribution in [0.15, 0.2) is 66.7 Å². The van der Waals surface area contributed by atoms with E-state index < -0.39 is 51.8 Å². The van der Waals surface area contributed by atoms with E-state index in [1.54, 1.807) is 43.3 Å². The van der Waals surface area contributed by atoms with Crippen LogP contribution >= 0.6 is 11.6 Å². The molecule has 3 atom stereocenters. The second kappa shape index (κ2) is 7.89. The Morgan fingerprint density at radius 1 is 0.919 bits per heavy atom. The van der Waals surface area contributed by atoms with E-state index >= 15 is 0 Å². The molecule has 9 nitrogen and oxygen atoms in total. The lowest BCUT2D eigenvalue weighted by Crippen LogP contribution is -2.51. The quantitative estimate of drug-likeness (QED) is 0.220. The van der Waals surface area contributed by atoms with Crippen LogP contribution in [0.1, 0.15) is 37.9 Å². The van der Waals surface area contributed by atoms with Crippen LogP contribution in [0.5, 0.6) is 0 Å². The molecule has 37 heavy (non-hydrogen) atoms. The highest BCUT2D eigenvalue weighted by atomic mass is 35.5. The highest BCUT2D eigenvalue weighted by Crippen LogP contribution is 2.58. The number of rotatable bonds is 3. The lowest BCUT2D eigenvalue weighted by Gasteiger charge is -2.27. The van der Waals surface area contributed by atoms with Crippen LogP contribution in [-0.4, -0.2) is 33.9 Å².